The predicted molar refractivity (Wildman–Crippen MR) is 133 cm³/mol. The number of likely N-dealkylation sites (N-methyl/N-ethyl adjacent to an activating group) is 1. The first-order chi connectivity index (χ1) is 13.9. The normalized spacial score (nSPS) is 17.3. The van der Waals surface area contributed by atoms with Crippen molar-refractivity contribution < 1.29 is 0 Å². The summed E-state index contributed by atoms with van der Waals surface area (Å²) in [5, 5.41) is 16.3. The third kappa shape index (κ3) is 6.02. The Morgan fingerprint density at radius 3 is 2.60 bits per heavy atom. The highest BCUT2D eigenvalue weighted by Crippen LogP contribution is 2.25. The van der Waals surface area contributed by atoms with Gasteiger partial charge in [0.15, 0.2) is 11.8 Å². The first kappa shape index (κ1) is 25.2. The largest absolute Gasteiger partial charge is 0.355 e. The maximum absolute atomic E-state index is 6.18. The highest BCUT2D eigenvalue weighted by Gasteiger charge is 2.23. The van der Waals surface area contributed by atoms with Gasteiger partial charge in [0.05, 0.1) is 18.1 Å². The zero-order chi connectivity index (χ0) is 21.0. The second kappa shape index (κ2) is 11.5. The maximum Gasteiger partial charge on any atom is 0.192 e. The number of nitrogens with zero attached hydrogens (tertiary/aromatic N) is 6. The molecule has 1 unspecified atom stereocenters. The number of hydrogen-bond acceptors (Lipinski definition) is 4. The summed E-state index contributed by atoms with van der Waals surface area (Å²) in [5.41, 5.74) is 0.951. The fourth-order valence-electron chi connectivity index (χ4n) is 3.60. The van der Waals surface area contributed by atoms with Crippen molar-refractivity contribution in [3.63, 3.8) is 0 Å². The van der Waals surface area contributed by atoms with Gasteiger partial charge in [-0.2, -0.15) is 0 Å². The van der Waals surface area contributed by atoms with E-state index in [9.17, 15) is 0 Å². The van der Waals surface area contributed by atoms with Crippen LogP contribution in [-0.2, 0) is 27.2 Å². The fourth-order valence-corrected chi connectivity index (χ4v) is 4.02. The molecule has 0 amide bonds. The number of rotatable bonds is 7. The van der Waals surface area contributed by atoms with Gasteiger partial charge in [-0.15, -0.1) is 34.2 Å². The Labute approximate surface area is 205 Å². The molecule has 1 saturated heterocycles. The number of nitrogens with one attached hydrogen (secondary N) is 2. The molecule has 2 N–H and O–H groups in total. The monoisotopic (exact) mass is 568 g/mol. The molecule has 3 heterocycles. The van der Waals surface area contributed by atoms with E-state index >= 15 is 0 Å². The van der Waals surface area contributed by atoms with Gasteiger partial charge in [0.1, 0.15) is 11.0 Å². The van der Waals surface area contributed by atoms with Gasteiger partial charge in [-0.25, -0.2) is 4.99 Å². The Morgan fingerprint density at radius 2 is 2.00 bits per heavy atom. The molecule has 30 heavy (non-hydrogen) atoms. The van der Waals surface area contributed by atoms with Crippen molar-refractivity contribution in [3.05, 3.63) is 33.6 Å². The predicted octanol–water partition coefficient (Wildman–Crippen LogP) is 3.11. The Balaban J connectivity index is 0.00000320. The van der Waals surface area contributed by atoms with Gasteiger partial charge < -0.3 is 19.8 Å². The summed E-state index contributed by atoms with van der Waals surface area (Å²) in [6.07, 6.45) is 2.46. The molecule has 0 spiro atoms. The van der Waals surface area contributed by atoms with E-state index in [1.807, 2.05) is 36.2 Å². The topological polar surface area (TPSA) is 75.3 Å². The van der Waals surface area contributed by atoms with E-state index in [0.29, 0.717) is 29.3 Å². The molecule has 1 atom stereocenters. The quantitative estimate of drug-likeness (QED) is 0.305. The van der Waals surface area contributed by atoms with Crippen LogP contribution < -0.4 is 10.6 Å². The standard InChI is InChI=1S/C19H30Cl2N8.HI/c1-5-29-8-6-7-14(29)10-22-19(24-12-17-26-25-13(2)27(17)3)23-11-15-9-16(20)18(21)28(15)4;/h9,14H,5-8,10-12H2,1-4H3,(H2,22,23,24);1H. The van der Waals surface area contributed by atoms with Crippen LogP contribution in [0.3, 0.4) is 0 Å². The smallest absolute Gasteiger partial charge is 0.192 e. The van der Waals surface area contributed by atoms with Crippen LogP contribution in [0.2, 0.25) is 10.2 Å². The average Bonchev–Trinajstić information content (AvgIpc) is 3.37. The van der Waals surface area contributed by atoms with E-state index in [-0.39, 0.29) is 24.0 Å². The van der Waals surface area contributed by atoms with Gasteiger partial charge in [-0.3, -0.25) is 4.90 Å². The van der Waals surface area contributed by atoms with Crippen LogP contribution in [-0.4, -0.2) is 55.9 Å². The summed E-state index contributed by atoms with van der Waals surface area (Å²) in [7, 11) is 3.85. The lowest BCUT2D eigenvalue weighted by atomic mass is 10.2. The molecule has 0 aliphatic carbocycles. The second-order valence-corrected chi connectivity index (χ2v) is 8.15. The SMILES string of the molecule is CCN1CCCC1CNC(=NCc1cc(Cl)c(Cl)n1C)NCc1nnc(C)n1C.I. The third-order valence-electron chi connectivity index (χ3n) is 5.62. The molecule has 0 saturated carbocycles. The van der Waals surface area contributed by atoms with E-state index < -0.39 is 0 Å². The lowest BCUT2D eigenvalue weighted by Crippen LogP contribution is -2.45. The molecule has 11 heteroatoms. The van der Waals surface area contributed by atoms with Crippen LogP contribution >= 0.6 is 47.2 Å². The Hall–Kier alpha value is -1.04. The minimum absolute atomic E-state index is 0. The van der Waals surface area contributed by atoms with Crippen molar-refractivity contribution in [2.45, 2.75) is 45.8 Å². The molecule has 2 aromatic heterocycles. The molecule has 168 valence electrons. The summed E-state index contributed by atoms with van der Waals surface area (Å²) < 4.78 is 3.82. The maximum atomic E-state index is 6.18. The van der Waals surface area contributed by atoms with E-state index in [1.165, 1.54) is 19.4 Å². The van der Waals surface area contributed by atoms with Gasteiger partial charge in [-0.1, -0.05) is 30.1 Å². The van der Waals surface area contributed by atoms with Crippen LogP contribution in [0.4, 0.5) is 0 Å². The molecule has 3 rings (SSSR count). The van der Waals surface area contributed by atoms with E-state index in [2.05, 4.69) is 32.7 Å². The molecule has 1 aliphatic heterocycles. The fraction of sp³-hybridized carbons (Fsp3) is 0.632. The van der Waals surface area contributed by atoms with Gasteiger partial charge in [0.2, 0.25) is 0 Å². The molecule has 1 aliphatic rings. The Kier molecular flexibility index (Phi) is 9.70. The Bertz CT molecular complexity index is 863. The van der Waals surface area contributed by atoms with Crippen molar-refractivity contribution in [2.24, 2.45) is 19.1 Å². The molecular formula is C19H31Cl2IN8. The Morgan fingerprint density at radius 1 is 1.23 bits per heavy atom. The number of guanidine groups is 1. The molecular weight excluding hydrogens is 538 g/mol. The zero-order valence-electron chi connectivity index (χ0n) is 18.0. The van der Waals surface area contributed by atoms with Gasteiger partial charge in [0, 0.05) is 32.4 Å². The number of aliphatic imine (C=N–C) groups is 1. The second-order valence-electron chi connectivity index (χ2n) is 7.38. The highest BCUT2D eigenvalue weighted by molar-refractivity contribution is 14.0. The lowest BCUT2D eigenvalue weighted by Gasteiger charge is -2.24. The van der Waals surface area contributed by atoms with Crippen LogP contribution in [0, 0.1) is 6.92 Å². The first-order valence-electron chi connectivity index (χ1n) is 10.0. The minimum Gasteiger partial charge on any atom is -0.355 e. The first-order valence-corrected chi connectivity index (χ1v) is 10.8. The van der Waals surface area contributed by atoms with Crippen molar-refractivity contribution in [3.8, 4) is 0 Å². The van der Waals surface area contributed by atoms with Crippen molar-refractivity contribution in [1.29, 1.82) is 0 Å². The summed E-state index contributed by atoms with van der Waals surface area (Å²) in [6, 6.07) is 2.38. The molecule has 8 nitrogen and oxygen atoms in total. The van der Waals surface area contributed by atoms with Crippen molar-refractivity contribution in [2.75, 3.05) is 19.6 Å². The van der Waals surface area contributed by atoms with Gasteiger partial charge in [-0.05, 0) is 38.9 Å². The molecule has 0 radical (unpaired) electrons. The number of likely N-dealkylation sites (tertiary alicyclic amines) is 1. The van der Waals surface area contributed by atoms with E-state index in [4.69, 9.17) is 28.2 Å². The highest BCUT2D eigenvalue weighted by atomic mass is 127. The third-order valence-corrected chi connectivity index (χ3v) is 6.46. The summed E-state index contributed by atoms with van der Waals surface area (Å²) in [6.45, 7) is 8.26. The van der Waals surface area contributed by atoms with Gasteiger partial charge in [0.25, 0.3) is 0 Å². The lowest BCUT2D eigenvalue weighted by molar-refractivity contribution is 0.267. The number of aryl methyl sites for hydroxylation is 1. The molecule has 0 aromatic carbocycles. The minimum atomic E-state index is 0. The van der Waals surface area contributed by atoms with Crippen LogP contribution in [0.25, 0.3) is 0 Å². The number of halogens is 3. The van der Waals surface area contributed by atoms with Crippen LogP contribution in [0.1, 0.15) is 37.1 Å². The van der Waals surface area contributed by atoms with E-state index in [0.717, 1.165) is 36.4 Å². The molecule has 1 fully saturated rings. The number of aromatic nitrogens is 4. The molecule has 0 bridgehead atoms. The van der Waals surface area contributed by atoms with E-state index in [1.54, 1.807) is 0 Å². The summed E-state index contributed by atoms with van der Waals surface area (Å²) in [4.78, 5) is 7.26. The molecule has 2 aromatic rings. The summed E-state index contributed by atoms with van der Waals surface area (Å²) >= 11 is 12.3. The zero-order valence-corrected chi connectivity index (χ0v) is 21.8. The van der Waals surface area contributed by atoms with Crippen LogP contribution in [0.5, 0.6) is 0 Å². The van der Waals surface area contributed by atoms with Gasteiger partial charge >= 0.3 is 0 Å². The van der Waals surface area contributed by atoms with Crippen LogP contribution in [0.15, 0.2) is 11.1 Å². The van der Waals surface area contributed by atoms with Crippen molar-refractivity contribution >= 4 is 53.1 Å². The average molecular weight is 569 g/mol. The number of hydrogen-bond donors (Lipinski definition) is 2. The van der Waals surface area contributed by atoms with Crippen molar-refractivity contribution in [1.82, 2.24) is 34.9 Å². The summed E-state index contributed by atoms with van der Waals surface area (Å²) in [5.74, 6) is 2.48.